The summed E-state index contributed by atoms with van der Waals surface area (Å²) in [5.41, 5.74) is 3.52. The summed E-state index contributed by atoms with van der Waals surface area (Å²) in [6.45, 7) is 1.97. The van der Waals surface area contributed by atoms with Crippen LogP contribution in [0.25, 0.3) is 5.65 Å². The summed E-state index contributed by atoms with van der Waals surface area (Å²) in [5, 5.41) is 2.80. The summed E-state index contributed by atoms with van der Waals surface area (Å²) in [5.74, 6) is 2.28. The number of rotatable bonds is 2. The van der Waals surface area contributed by atoms with Crippen LogP contribution in [0.5, 0.6) is 0 Å². The van der Waals surface area contributed by atoms with Crippen molar-refractivity contribution in [3.05, 3.63) is 65.6 Å². The van der Waals surface area contributed by atoms with Gasteiger partial charge < -0.3 is 9.72 Å². The number of nitrogens with zero attached hydrogens (tertiary/aromatic N) is 2. The Morgan fingerprint density at radius 2 is 2.10 bits per heavy atom. The number of benzene rings is 1. The van der Waals surface area contributed by atoms with E-state index in [-0.39, 0.29) is 5.91 Å². The third-order valence-electron chi connectivity index (χ3n) is 3.22. The smallest absolute Gasteiger partial charge is 0.275 e. The van der Waals surface area contributed by atoms with Crippen LogP contribution in [0.15, 0.2) is 48.7 Å². The lowest BCUT2D eigenvalue weighted by Crippen LogP contribution is -2.12. The number of carbonyl (C=O) groups is 1. The molecular weight excluding hydrogens is 262 g/mol. The summed E-state index contributed by atoms with van der Waals surface area (Å²) >= 11 is 0. The van der Waals surface area contributed by atoms with E-state index in [1.54, 1.807) is 24.4 Å². The normalized spacial score (nSPS) is 10.3. The van der Waals surface area contributed by atoms with E-state index < -0.39 is 0 Å². The highest BCUT2D eigenvalue weighted by Gasteiger charge is 2.11. The fourth-order valence-corrected chi connectivity index (χ4v) is 2.14. The van der Waals surface area contributed by atoms with Crippen molar-refractivity contribution >= 4 is 17.2 Å². The first kappa shape index (κ1) is 12.9. The largest absolute Gasteiger partial charge is 0.321 e. The average Bonchev–Trinajstić information content (AvgIpc) is 2.93. The number of hydrogen-bond donors (Lipinski definition) is 1. The van der Waals surface area contributed by atoms with Gasteiger partial charge in [0.05, 0.1) is 0 Å². The van der Waals surface area contributed by atoms with Crippen molar-refractivity contribution in [3.8, 4) is 12.3 Å². The highest BCUT2D eigenvalue weighted by Crippen LogP contribution is 2.13. The van der Waals surface area contributed by atoms with E-state index in [1.165, 1.54) is 0 Å². The number of carbonyl (C=O) groups excluding carboxylic acids is 1. The molecule has 0 saturated heterocycles. The highest BCUT2D eigenvalue weighted by molar-refractivity contribution is 6.03. The molecule has 0 aliphatic heterocycles. The van der Waals surface area contributed by atoms with E-state index >= 15 is 0 Å². The van der Waals surface area contributed by atoms with E-state index in [9.17, 15) is 4.79 Å². The zero-order chi connectivity index (χ0) is 14.8. The number of hydrogen-bond acceptors (Lipinski definition) is 2. The number of nitrogens with one attached hydrogen (secondary N) is 1. The molecular formula is C17H13N3O. The first-order valence-electron chi connectivity index (χ1n) is 6.50. The van der Waals surface area contributed by atoms with Crippen LogP contribution in [0.2, 0.25) is 0 Å². The Kier molecular flexibility index (Phi) is 3.17. The zero-order valence-corrected chi connectivity index (χ0v) is 11.5. The van der Waals surface area contributed by atoms with Crippen LogP contribution in [-0.2, 0) is 0 Å². The van der Waals surface area contributed by atoms with Crippen LogP contribution in [0, 0.1) is 19.3 Å². The van der Waals surface area contributed by atoms with Gasteiger partial charge in [-0.1, -0.05) is 18.1 Å². The maximum Gasteiger partial charge on any atom is 0.275 e. The summed E-state index contributed by atoms with van der Waals surface area (Å²) in [6.07, 6.45) is 7.08. The van der Waals surface area contributed by atoms with Gasteiger partial charge in [-0.2, -0.15) is 0 Å². The monoisotopic (exact) mass is 275 g/mol. The molecule has 0 radical (unpaired) electrons. The molecule has 2 aromatic heterocycles. The van der Waals surface area contributed by atoms with Gasteiger partial charge in [0.1, 0.15) is 11.3 Å². The summed E-state index contributed by atoms with van der Waals surface area (Å²) < 4.78 is 1.88. The first-order valence-corrected chi connectivity index (χ1v) is 6.50. The van der Waals surface area contributed by atoms with Crippen molar-refractivity contribution < 1.29 is 4.79 Å². The standard InChI is InChI=1S/C17H13N3O/c1-3-13-7-5-8-14(10-13)18-17(21)15-11-20-12(2)6-4-9-16(20)19-15/h1,4-11H,2H3,(H,18,21). The van der Waals surface area contributed by atoms with Gasteiger partial charge in [0.25, 0.3) is 5.91 Å². The van der Waals surface area contributed by atoms with Crippen LogP contribution in [0.3, 0.4) is 0 Å². The van der Waals surface area contributed by atoms with E-state index in [1.807, 2.05) is 35.6 Å². The Morgan fingerprint density at radius 1 is 1.29 bits per heavy atom. The van der Waals surface area contributed by atoms with Crippen molar-refractivity contribution in [1.29, 1.82) is 0 Å². The van der Waals surface area contributed by atoms with E-state index in [4.69, 9.17) is 6.42 Å². The third-order valence-corrected chi connectivity index (χ3v) is 3.22. The molecule has 3 aromatic rings. The van der Waals surface area contributed by atoms with Crippen LogP contribution in [0.1, 0.15) is 21.7 Å². The number of amides is 1. The second-order valence-electron chi connectivity index (χ2n) is 4.70. The molecule has 0 aliphatic carbocycles. The molecule has 1 N–H and O–H groups in total. The van der Waals surface area contributed by atoms with Crippen LogP contribution < -0.4 is 5.32 Å². The van der Waals surface area contributed by atoms with E-state index in [0.29, 0.717) is 11.4 Å². The van der Waals surface area contributed by atoms with Gasteiger partial charge in [-0.05, 0) is 37.3 Å². The van der Waals surface area contributed by atoms with Gasteiger partial charge in [-0.15, -0.1) is 6.42 Å². The van der Waals surface area contributed by atoms with Gasteiger partial charge in [0.2, 0.25) is 0 Å². The maximum absolute atomic E-state index is 12.3. The molecule has 1 aromatic carbocycles. The molecule has 0 spiro atoms. The van der Waals surface area contributed by atoms with E-state index in [2.05, 4.69) is 16.2 Å². The Balaban J connectivity index is 1.90. The summed E-state index contributed by atoms with van der Waals surface area (Å²) in [4.78, 5) is 16.6. The molecule has 4 heteroatoms. The van der Waals surface area contributed by atoms with Crippen LogP contribution in [0.4, 0.5) is 5.69 Å². The van der Waals surface area contributed by atoms with Crippen LogP contribution in [-0.4, -0.2) is 15.3 Å². The summed E-state index contributed by atoms with van der Waals surface area (Å²) in [7, 11) is 0. The van der Waals surface area contributed by atoms with Crippen molar-refractivity contribution in [2.45, 2.75) is 6.92 Å². The number of terminal acetylenes is 1. The van der Waals surface area contributed by atoms with E-state index in [0.717, 1.165) is 16.9 Å². The number of aryl methyl sites for hydroxylation is 1. The predicted molar refractivity (Wildman–Crippen MR) is 82.3 cm³/mol. The zero-order valence-electron chi connectivity index (χ0n) is 11.5. The number of anilines is 1. The minimum atomic E-state index is -0.257. The lowest BCUT2D eigenvalue weighted by atomic mass is 10.2. The Bertz CT molecular complexity index is 871. The minimum Gasteiger partial charge on any atom is -0.321 e. The predicted octanol–water partition coefficient (Wildman–Crippen LogP) is 2.88. The molecule has 102 valence electrons. The highest BCUT2D eigenvalue weighted by atomic mass is 16.1. The quantitative estimate of drug-likeness (QED) is 0.731. The number of pyridine rings is 1. The molecule has 2 heterocycles. The number of fused-ring (bicyclic) bond motifs is 1. The lowest BCUT2D eigenvalue weighted by Gasteiger charge is -2.03. The van der Waals surface area contributed by atoms with Gasteiger partial charge >= 0.3 is 0 Å². The third kappa shape index (κ3) is 2.49. The van der Waals surface area contributed by atoms with Crippen molar-refractivity contribution in [2.75, 3.05) is 5.32 Å². The van der Waals surface area contributed by atoms with Gasteiger partial charge in [0.15, 0.2) is 0 Å². The first-order chi connectivity index (χ1) is 10.2. The molecule has 0 aliphatic rings. The van der Waals surface area contributed by atoms with Crippen molar-refractivity contribution in [1.82, 2.24) is 9.38 Å². The fourth-order valence-electron chi connectivity index (χ4n) is 2.14. The second-order valence-corrected chi connectivity index (χ2v) is 4.70. The number of imidazole rings is 1. The van der Waals surface area contributed by atoms with Gasteiger partial charge in [0, 0.05) is 23.1 Å². The van der Waals surface area contributed by atoms with Crippen LogP contribution >= 0.6 is 0 Å². The van der Waals surface area contributed by atoms with Crippen molar-refractivity contribution in [2.24, 2.45) is 0 Å². The molecule has 0 fully saturated rings. The molecule has 3 rings (SSSR count). The van der Waals surface area contributed by atoms with Gasteiger partial charge in [-0.3, -0.25) is 4.79 Å². The SMILES string of the molecule is C#Cc1cccc(NC(=O)c2cn3c(C)cccc3n2)c1. The lowest BCUT2D eigenvalue weighted by molar-refractivity contribution is 0.102. The second kappa shape index (κ2) is 5.14. The Labute approximate surface area is 122 Å². The molecule has 21 heavy (non-hydrogen) atoms. The molecule has 4 nitrogen and oxygen atoms in total. The molecule has 0 saturated carbocycles. The number of aromatic nitrogens is 2. The Hall–Kier alpha value is -3.06. The maximum atomic E-state index is 12.3. The molecule has 0 unspecified atom stereocenters. The van der Waals surface area contributed by atoms with Crippen molar-refractivity contribution in [3.63, 3.8) is 0 Å². The topological polar surface area (TPSA) is 46.4 Å². The summed E-state index contributed by atoms with van der Waals surface area (Å²) in [6, 6.07) is 12.9. The van der Waals surface area contributed by atoms with Gasteiger partial charge in [-0.25, -0.2) is 4.98 Å². The minimum absolute atomic E-state index is 0.257. The Morgan fingerprint density at radius 3 is 2.86 bits per heavy atom. The molecule has 0 bridgehead atoms. The average molecular weight is 275 g/mol. The molecule has 1 amide bonds. The molecule has 0 atom stereocenters. The fraction of sp³-hybridized carbons (Fsp3) is 0.0588.